The van der Waals surface area contributed by atoms with Crippen molar-refractivity contribution in [2.75, 3.05) is 0 Å². The maximum atomic E-state index is 13.2. The van der Waals surface area contributed by atoms with E-state index in [9.17, 15) is 4.39 Å². The monoisotopic (exact) mass is 292 g/mol. The van der Waals surface area contributed by atoms with Gasteiger partial charge in [0.25, 0.3) is 0 Å². The van der Waals surface area contributed by atoms with Crippen molar-refractivity contribution in [2.45, 2.75) is 20.8 Å². The van der Waals surface area contributed by atoms with Crippen LogP contribution in [0.5, 0.6) is 0 Å². The molecular weight excluding hydrogens is 279 g/mol. The number of halogens is 2. The van der Waals surface area contributed by atoms with Gasteiger partial charge in [-0.1, -0.05) is 25.4 Å². The Hall–Kier alpha value is -2.01. The molecule has 0 aliphatic heterocycles. The van der Waals surface area contributed by atoms with Gasteiger partial charge in [0.05, 0.1) is 23.5 Å². The van der Waals surface area contributed by atoms with Crippen molar-refractivity contribution in [3.05, 3.63) is 47.5 Å². The molecule has 3 aromatic rings. The molecule has 0 atom stereocenters. The molecule has 3 heterocycles. The molecule has 0 saturated heterocycles. The van der Waals surface area contributed by atoms with Gasteiger partial charge in [-0.05, 0) is 12.5 Å². The second-order valence-electron chi connectivity index (χ2n) is 3.91. The summed E-state index contributed by atoms with van der Waals surface area (Å²) in [4.78, 5) is 12.0. The topological polar surface area (TPSA) is 43.6 Å². The van der Waals surface area contributed by atoms with Crippen molar-refractivity contribution in [2.24, 2.45) is 0 Å². The summed E-state index contributed by atoms with van der Waals surface area (Å²) < 4.78 is 14.9. The first-order valence-electron chi connectivity index (χ1n) is 6.26. The average molecular weight is 293 g/mol. The Bertz CT molecular complexity index is 739. The molecule has 20 heavy (non-hydrogen) atoms. The molecule has 0 unspecified atom stereocenters. The normalized spacial score (nSPS) is 10.2. The van der Waals surface area contributed by atoms with Crippen LogP contribution in [0, 0.1) is 12.7 Å². The van der Waals surface area contributed by atoms with Crippen LogP contribution in [-0.2, 0) is 0 Å². The fourth-order valence-corrected chi connectivity index (χ4v) is 2.20. The number of hydrogen-bond acceptors (Lipinski definition) is 3. The lowest BCUT2D eigenvalue weighted by Gasteiger charge is -2.03. The van der Waals surface area contributed by atoms with E-state index in [-0.39, 0.29) is 0 Å². The van der Waals surface area contributed by atoms with Crippen LogP contribution in [-0.4, -0.2) is 19.5 Å². The summed E-state index contributed by atoms with van der Waals surface area (Å²) in [5, 5.41) is 1.16. The molecule has 0 aromatic carbocycles. The van der Waals surface area contributed by atoms with Gasteiger partial charge in [-0.15, -0.1) is 0 Å². The maximum Gasteiger partial charge on any atom is 0.149 e. The minimum Gasteiger partial charge on any atom is -0.299 e. The Balaban J connectivity index is 0.000000704. The number of aryl methyl sites for hydroxylation is 1. The molecule has 0 N–H and O–H groups in total. The molecule has 0 saturated carbocycles. The number of pyridine rings is 1. The number of nitrogens with zero attached hydrogens (tertiary/aromatic N) is 4. The lowest BCUT2D eigenvalue weighted by molar-refractivity contribution is 0.620. The number of rotatable bonds is 1. The van der Waals surface area contributed by atoms with E-state index in [1.807, 2.05) is 27.0 Å². The van der Waals surface area contributed by atoms with E-state index < -0.39 is 5.82 Å². The van der Waals surface area contributed by atoms with E-state index >= 15 is 0 Å². The Kier molecular flexibility index (Phi) is 4.29. The minimum absolute atomic E-state index is 0.389. The largest absolute Gasteiger partial charge is 0.299 e. The highest BCUT2D eigenvalue weighted by atomic mass is 35.5. The van der Waals surface area contributed by atoms with Crippen molar-refractivity contribution < 1.29 is 4.39 Å². The van der Waals surface area contributed by atoms with Crippen LogP contribution in [0.1, 0.15) is 19.4 Å². The Morgan fingerprint density at radius 2 is 1.95 bits per heavy atom. The third kappa shape index (κ3) is 2.49. The molecule has 0 aliphatic rings. The Morgan fingerprint density at radius 3 is 2.65 bits per heavy atom. The van der Waals surface area contributed by atoms with E-state index in [4.69, 9.17) is 11.6 Å². The van der Waals surface area contributed by atoms with Gasteiger partial charge in [0.1, 0.15) is 22.9 Å². The average Bonchev–Trinajstić information content (AvgIpc) is 2.80. The van der Waals surface area contributed by atoms with E-state index in [1.54, 1.807) is 10.8 Å². The fraction of sp³-hybridized carbons (Fsp3) is 0.214. The first-order chi connectivity index (χ1) is 9.66. The molecule has 3 rings (SSSR count). The van der Waals surface area contributed by atoms with Crippen molar-refractivity contribution in [3.63, 3.8) is 0 Å². The smallest absolute Gasteiger partial charge is 0.149 e. The molecular formula is C14H14ClFN4. The first kappa shape index (κ1) is 14.4. The van der Waals surface area contributed by atoms with Gasteiger partial charge in [0.15, 0.2) is 0 Å². The van der Waals surface area contributed by atoms with E-state index in [0.717, 1.165) is 17.1 Å². The summed E-state index contributed by atoms with van der Waals surface area (Å²) in [6.45, 7) is 5.90. The third-order valence-corrected chi connectivity index (χ3v) is 2.98. The van der Waals surface area contributed by atoms with Crippen molar-refractivity contribution in [3.8, 4) is 5.69 Å². The molecule has 6 heteroatoms. The lowest BCUT2D eigenvalue weighted by Crippen LogP contribution is -1.96. The van der Waals surface area contributed by atoms with Crippen LogP contribution in [0.2, 0.25) is 5.15 Å². The fourth-order valence-electron chi connectivity index (χ4n) is 1.93. The molecule has 0 fully saturated rings. The second-order valence-corrected chi connectivity index (χ2v) is 4.26. The van der Waals surface area contributed by atoms with Crippen LogP contribution < -0.4 is 0 Å². The molecule has 3 aromatic heterocycles. The van der Waals surface area contributed by atoms with Gasteiger partial charge in [-0.25, -0.2) is 14.4 Å². The summed E-state index contributed by atoms with van der Waals surface area (Å²) in [7, 11) is 0. The first-order valence-corrected chi connectivity index (χ1v) is 6.63. The van der Waals surface area contributed by atoms with E-state index in [1.165, 1.54) is 12.4 Å². The lowest BCUT2D eigenvalue weighted by atomic mass is 10.3. The van der Waals surface area contributed by atoms with Crippen molar-refractivity contribution in [1.29, 1.82) is 0 Å². The highest BCUT2D eigenvalue weighted by Gasteiger charge is 2.12. The summed E-state index contributed by atoms with van der Waals surface area (Å²) in [6.07, 6.45) is 5.94. The van der Waals surface area contributed by atoms with Gasteiger partial charge >= 0.3 is 0 Å². The zero-order chi connectivity index (χ0) is 14.7. The molecule has 0 aliphatic carbocycles. The van der Waals surface area contributed by atoms with Crippen LogP contribution in [0.4, 0.5) is 4.39 Å². The van der Waals surface area contributed by atoms with Gasteiger partial charge in [-0.3, -0.25) is 9.55 Å². The van der Waals surface area contributed by atoms with E-state index in [2.05, 4.69) is 15.0 Å². The molecule has 4 nitrogen and oxygen atoms in total. The predicted molar refractivity (Wildman–Crippen MR) is 77.7 cm³/mol. The van der Waals surface area contributed by atoms with Crippen LogP contribution in [0.25, 0.3) is 16.7 Å². The van der Waals surface area contributed by atoms with Gasteiger partial charge in [-0.2, -0.15) is 0 Å². The van der Waals surface area contributed by atoms with Crippen LogP contribution in [0.15, 0.2) is 31.0 Å². The molecule has 0 radical (unpaired) electrons. The van der Waals surface area contributed by atoms with Crippen LogP contribution >= 0.6 is 11.6 Å². The summed E-state index contributed by atoms with van der Waals surface area (Å²) in [5.41, 5.74) is 2.17. The van der Waals surface area contributed by atoms with Crippen LogP contribution in [0.3, 0.4) is 0 Å². The SMILES string of the molecule is CC.Cc1cn(-c2cncc(F)c2)c2ncnc(Cl)c12. The molecule has 0 bridgehead atoms. The highest BCUT2D eigenvalue weighted by molar-refractivity contribution is 6.34. The Labute approximate surface area is 121 Å². The van der Waals surface area contributed by atoms with Gasteiger partial charge in [0.2, 0.25) is 0 Å². The molecule has 0 spiro atoms. The minimum atomic E-state index is -0.396. The maximum absolute atomic E-state index is 13.2. The zero-order valence-corrected chi connectivity index (χ0v) is 12.2. The van der Waals surface area contributed by atoms with E-state index in [0.29, 0.717) is 16.5 Å². The number of hydrogen-bond donors (Lipinski definition) is 0. The zero-order valence-electron chi connectivity index (χ0n) is 11.4. The standard InChI is InChI=1S/C12H8ClFN4.C2H6/c1-7-5-18(9-2-8(14)3-15-4-9)12-10(7)11(13)16-6-17-12;1-2/h2-6H,1H3;1-2H3. The predicted octanol–water partition coefficient (Wildman–Crippen LogP) is 3.94. The molecule has 0 amide bonds. The summed E-state index contributed by atoms with van der Waals surface area (Å²) >= 11 is 6.04. The molecule has 104 valence electrons. The number of fused-ring (bicyclic) bond motifs is 1. The Morgan fingerprint density at radius 1 is 1.20 bits per heavy atom. The highest BCUT2D eigenvalue weighted by Crippen LogP contribution is 2.27. The third-order valence-electron chi connectivity index (χ3n) is 2.69. The van der Waals surface area contributed by atoms with Crippen molar-refractivity contribution >= 4 is 22.6 Å². The quantitative estimate of drug-likeness (QED) is 0.638. The summed E-state index contributed by atoms with van der Waals surface area (Å²) in [6, 6.07) is 1.39. The number of aromatic nitrogens is 4. The second kappa shape index (κ2) is 5.96. The van der Waals surface area contributed by atoms with Gasteiger partial charge in [0, 0.05) is 12.3 Å². The summed E-state index contributed by atoms with van der Waals surface area (Å²) in [5.74, 6) is -0.396. The van der Waals surface area contributed by atoms with Gasteiger partial charge < -0.3 is 0 Å². The van der Waals surface area contributed by atoms with Crippen molar-refractivity contribution in [1.82, 2.24) is 19.5 Å².